The SMILES string of the molecule is CCC(C(=O)NC)N(Cc1ccccc1)C(=O)CN(c1cccc([N+](=O)[O-])c1)S(=O)(=O)c1ccccc1. The number of benzene rings is 3. The second-order valence-corrected chi connectivity index (χ2v) is 10.0. The van der Waals surface area contributed by atoms with E-state index in [1.54, 1.807) is 49.4 Å². The van der Waals surface area contributed by atoms with Crippen molar-refractivity contribution in [1.82, 2.24) is 10.2 Å². The third-order valence-corrected chi connectivity index (χ3v) is 7.55. The molecule has 3 aromatic rings. The molecule has 0 fully saturated rings. The number of nitrogens with zero attached hydrogens (tertiary/aromatic N) is 3. The lowest BCUT2D eigenvalue weighted by molar-refractivity contribution is -0.384. The summed E-state index contributed by atoms with van der Waals surface area (Å²) in [5, 5.41) is 13.9. The van der Waals surface area contributed by atoms with Crippen LogP contribution in [0.2, 0.25) is 0 Å². The van der Waals surface area contributed by atoms with E-state index in [-0.39, 0.29) is 28.7 Å². The number of sulfonamides is 1. The number of nitrogens with one attached hydrogen (secondary N) is 1. The maximum absolute atomic E-state index is 13.8. The van der Waals surface area contributed by atoms with Gasteiger partial charge in [0.05, 0.1) is 15.5 Å². The monoisotopic (exact) mass is 524 g/mol. The molecule has 1 atom stereocenters. The van der Waals surface area contributed by atoms with E-state index in [0.717, 1.165) is 15.9 Å². The van der Waals surface area contributed by atoms with Gasteiger partial charge in [-0.05, 0) is 30.2 Å². The maximum Gasteiger partial charge on any atom is 0.271 e. The maximum atomic E-state index is 13.8. The molecule has 0 heterocycles. The van der Waals surface area contributed by atoms with E-state index >= 15 is 0 Å². The number of hydrogen-bond donors (Lipinski definition) is 1. The molecule has 3 rings (SSSR count). The number of nitro benzene ring substituents is 1. The normalized spacial score (nSPS) is 11.8. The summed E-state index contributed by atoms with van der Waals surface area (Å²) in [7, 11) is -2.83. The van der Waals surface area contributed by atoms with Gasteiger partial charge >= 0.3 is 0 Å². The molecule has 0 aliphatic carbocycles. The van der Waals surface area contributed by atoms with Gasteiger partial charge < -0.3 is 10.2 Å². The zero-order valence-corrected chi connectivity index (χ0v) is 21.3. The molecule has 0 radical (unpaired) electrons. The summed E-state index contributed by atoms with van der Waals surface area (Å²) in [4.78, 5) is 38.4. The Labute approximate surface area is 215 Å². The predicted molar refractivity (Wildman–Crippen MR) is 139 cm³/mol. The first kappa shape index (κ1) is 27.3. The summed E-state index contributed by atoms with van der Waals surface area (Å²) in [6.45, 7) is 1.16. The fourth-order valence-electron chi connectivity index (χ4n) is 3.88. The van der Waals surface area contributed by atoms with Crippen molar-refractivity contribution < 1.29 is 22.9 Å². The summed E-state index contributed by atoms with van der Waals surface area (Å²) in [5.41, 5.74) is 0.390. The number of carbonyl (C=O) groups excluding carboxylic acids is 2. The Bertz CT molecular complexity index is 1350. The third-order valence-electron chi connectivity index (χ3n) is 5.77. The highest BCUT2D eigenvalue weighted by Crippen LogP contribution is 2.27. The van der Waals surface area contributed by atoms with E-state index in [1.165, 1.54) is 42.3 Å². The zero-order valence-electron chi connectivity index (χ0n) is 20.5. The summed E-state index contributed by atoms with van der Waals surface area (Å²) in [6, 6.07) is 20.7. The number of rotatable bonds is 11. The van der Waals surface area contributed by atoms with Crippen molar-refractivity contribution in [2.24, 2.45) is 0 Å². The molecule has 10 nitrogen and oxygen atoms in total. The molecule has 1 N–H and O–H groups in total. The Morgan fingerprint density at radius 3 is 2.16 bits per heavy atom. The van der Waals surface area contributed by atoms with Crippen molar-refractivity contribution in [1.29, 1.82) is 0 Å². The van der Waals surface area contributed by atoms with Gasteiger partial charge in [0, 0.05) is 25.7 Å². The van der Waals surface area contributed by atoms with Crippen LogP contribution in [0.1, 0.15) is 18.9 Å². The molecule has 2 amide bonds. The number of nitro groups is 1. The van der Waals surface area contributed by atoms with Gasteiger partial charge in [-0.15, -0.1) is 0 Å². The van der Waals surface area contributed by atoms with Crippen molar-refractivity contribution in [2.75, 3.05) is 17.9 Å². The molecular weight excluding hydrogens is 496 g/mol. The number of anilines is 1. The molecule has 194 valence electrons. The predicted octanol–water partition coefficient (Wildman–Crippen LogP) is 3.34. The van der Waals surface area contributed by atoms with E-state index in [0.29, 0.717) is 6.42 Å². The molecule has 11 heteroatoms. The van der Waals surface area contributed by atoms with Crippen LogP contribution < -0.4 is 9.62 Å². The van der Waals surface area contributed by atoms with Crippen LogP contribution in [0.5, 0.6) is 0 Å². The van der Waals surface area contributed by atoms with E-state index in [4.69, 9.17) is 0 Å². The lowest BCUT2D eigenvalue weighted by Crippen LogP contribution is -2.51. The first-order valence-electron chi connectivity index (χ1n) is 11.6. The number of hydrogen-bond acceptors (Lipinski definition) is 6. The lowest BCUT2D eigenvalue weighted by atomic mass is 10.1. The summed E-state index contributed by atoms with van der Waals surface area (Å²) in [6.07, 6.45) is 0.292. The van der Waals surface area contributed by atoms with Crippen molar-refractivity contribution >= 4 is 33.2 Å². The minimum Gasteiger partial charge on any atom is -0.357 e. The number of amides is 2. The lowest BCUT2D eigenvalue weighted by Gasteiger charge is -2.33. The Balaban J connectivity index is 2.08. The second-order valence-electron chi connectivity index (χ2n) is 8.15. The Hall–Kier alpha value is -4.25. The molecular formula is C26H28N4O6S. The van der Waals surface area contributed by atoms with Gasteiger partial charge in [0.1, 0.15) is 12.6 Å². The van der Waals surface area contributed by atoms with Crippen LogP contribution in [-0.2, 0) is 26.2 Å². The molecule has 0 aromatic heterocycles. The summed E-state index contributed by atoms with van der Waals surface area (Å²) < 4.78 is 28.2. The zero-order chi connectivity index (χ0) is 27.0. The minimum atomic E-state index is -4.29. The van der Waals surface area contributed by atoms with Gasteiger partial charge in [-0.2, -0.15) is 0 Å². The molecule has 0 saturated heterocycles. The first-order chi connectivity index (χ1) is 17.7. The van der Waals surface area contributed by atoms with Crippen LogP contribution in [0.4, 0.5) is 11.4 Å². The van der Waals surface area contributed by atoms with Crippen molar-refractivity contribution in [3.63, 3.8) is 0 Å². The molecule has 0 aliphatic rings. The van der Waals surface area contributed by atoms with Gasteiger partial charge in [-0.3, -0.25) is 24.0 Å². The average Bonchev–Trinajstić information content (AvgIpc) is 2.92. The largest absolute Gasteiger partial charge is 0.357 e. The van der Waals surface area contributed by atoms with Crippen LogP contribution in [0.25, 0.3) is 0 Å². The van der Waals surface area contributed by atoms with Crippen molar-refractivity contribution in [3.8, 4) is 0 Å². The van der Waals surface area contributed by atoms with E-state index < -0.39 is 33.4 Å². The molecule has 0 bridgehead atoms. The Morgan fingerprint density at radius 2 is 1.59 bits per heavy atom. The Morgan fingerprint density at radius 1 is 0.973 bits per heavy atom. The highest BCUT2D eigenvalue weighted by atomic mass is 32.2. The van der Waals surface area contributed by atoms with Gasteiger partial charge in [0.15, 0.2) is 0 Å². The minimum absolute atomic E-state index is 0.0425. The molecule has 0 spiro atoms. The first-order valence-corrected chi connectivity index (χ1v) is 13.0. The van der Waals surface area contributed by atoms with Crippen molar-refractivity contribution in [3.05, 3.63) is 101 Å². The van der Waals surface area contributed by atoms with E-state index in [9.17, 15) is 28.1 Å². The number of carbonyl (C=O) groups is 2. The van der Waals surface area contributed by atoms with Crippen LogP contribution in [0.15, 0.2) is 89.8 Å². The van der Waals surface area contributed by atoms with Crippen LogP contribution in [0, 0.1) is 10.1 Å². The van der Waals surface area contributed by atoms with Crippen LogP contribution >= 0.6 is 0 Å². The Kier molecular flexibility index (Phi) is 8.96. The molecule has 0 saturated carbocycles. The molecule has 1 unspecified atom stereocenters. The number of likely N-dealkylation sites (N-methyl/N-ethyl adjacent to an activating group) is 1. The molecule has 0 aliphatic heterocycles. The van der Waals surface area contributed by atoms with Gasteiger partial charge in [0.2, 0.25) is 11.8 Å². The van der Waals surface area contributed by atoms with Gasteiger partial charge in [0.25, 0.3) is 15.7 Å². The van der Waals surface area contributed by atoms with Gasteiger partial charge in [-0.25, -0.2) is 8.42 Å². The fourth-order valence-corrected chi connectivity index (χ4v) is 5.30. The fraction of sp³-hybridized carbons (Fsp3) is 0.231. The molecule has 37 heavy (non-hydrogen) atoms. The molecule has 3 aromatic carbocycles. The summed E-state index contributed by atoms with van der Waals surface area (Å²) in [5.74, 6) is -1.02. The number of non-ortho nitro benzene ring substituents is 1. The average molecular weight is 525 g/mol. The standard InChI is InChI=1S/C26H28N4O6S/c1-3-24(26(32)27-2)28(18-20-11-6-4-7-12-20)25(31)19-29(21-13-10-14-22(17-21)30(33)34)37(35,36)23-15-8-5-9-16-23/h4-17,24H,3,18-19H2,1-2H3,(H,27,32). The topological polar surface area (TPSA) is 130 Å². The van der Waals surface area contributed by atoms with Crippen LogP contribution in [-0.4, -0.2) is 49.7 Å². The smallest absolute Gasteiger partial charge is 0.271 e. The second kappa shape index (κ2) is 12.1. The van der Waals surface area contributed by atoms with Crippen LogP contribution in [0.3, 0.4) is 0 Å². The van der Waals surface area contributed by atoms with E-state index in [1.807, 2.05) is 6.07 Å². The van der Waals surface area contributed by atoms with Gasteiger partial charge in [-0.1, -0.05) is 61.5 Å². The third kappa shape index (κ3) is 6.50. The van der Waals surface area contributed by atoms with E-state index in [2.05, 4.69) is 5.32 Å². The quantitative estimate of drug-likeness (QED) is 0.302. The van der Waals surface area contributed by atoms with Crippen molar-refractivity contribution in [2.45, 2.75) is 30.8 Å². The highest BCUT2D eigenvalue weighted by molar-refractivity contribution is 7.92. The highest BCUT2D eigenvalue weighted by Gasteiger charge is 2.33. The summed E-state index contributed by atoms with van der Waals surface area (Å²) >= 11 is 0.